The molecule has 0 heterocycles. The average molecular weight is 222 g/mol. The third-order valence-corrected chi connectivity index (χ3v) is 2.08. The van der Waals surface area contributed by atoms with Crippen LogP contribution in [0.4, 0.5) is 0 Å². The van der Waals surface area contributed by atoms with Gasteiger partial charge in [0.1, 0.15) is 6.04 Å². The number of aliphatic hydroxyl groups excluding tert-OH is 1. The summed E-state index contributed by atoms with van der Waals surface area (Å²) >= 11 is 0. The highest BCUT2D eigenvalue weighted by Crippen LogP contribution is 1.97. The summed E-state index contributed by atoms with van der Waals surface area (Å²) in [6.45, 7) is -0.0456. The number of benzene rings is 1. The summed E-state index contributed by atoms with van der Waals surface area (Å²) in [5.41, 5.74) is 0.957. The standard InChI is InChI=1S/C11H14N2O3/c14-7-10(13-8-15)11(16)12-6-9-4-2-1-3-5-9/h1-5,8,10,14H,6-7H2,(H,12,16)(H,13,15). The first-order valence-corrected chi connectivity index (χ1v) is 4.90. The monoisotopic (exact) mass is 222 g/mol. The number of hydrogen-bond donors (Lipinski definition) is 3. The maximum Gasteiger partial charge on any atom is 0.245 e. The number of nitrogens with one attached hydrogen (secondary N) is 2. The van der Waals surface area contributed by atoms with Gasteiger partial charge in [0.05, 0.1) is 6.61 Å². The molecule has 16 heavy (non-hydrogen) atoms. The third kappa shape index (κ3) is 3.70. The maximum absolute atomic E-state index is 11.4. The van der Waals surface area contributed by atoms with Gasteiger partial charge in [0, 0.05) is 6.54 Å². The Kier molecular flexibility index (Phi) is 5.01. The normalized spacial score (nSPS) is 11.6. The number of hydrogen-bond acceptors (Lipinski definition) is 3. The van der Waals surface area contributed by atoms with Crippen LogP contribution < -0.4 is 10.6 Å². The number of amides is 2. The van der Waals surface area contributed by atoms with E-state index in [0.29, 0.717) is 13.0 Å². The molecule has 0 bridgehead atoms. The van der Waals surface area contributed by atoms with Crippen molar-refractivity contribution in [3.8, 4) is 0 Å². The first-order valence-electron chi connectivity index (χ1n) is 4.90. The summed E-state index contributed by atoms with van der Waals surface area (Å²) in [5, 5.41) is 13.7. The van der Waals surface area contributed by atoms with Crippen LogP contribution >= 0.6 is 0 Å². The van der Waals surface area contributed by atoms with E-state index in [1.165, 1.54) is 0 Å². The van der Waals surface area contributed by atoms with Crippen LogP contribution in [0.2, 0.25) is 0 Å². The number of carbonyl (C=O) groups excluding carboxylic acids is 2. The first kappa shape index (κ1) is 12.2. The smallest absolute Gasteiger partial charge is 0.245 e. The van der Waals surface area contributed by atoms with Gasteiger partial charge in [-0.25, -0.2) is 0 Å². The minimum Gasteiger partial charge on any atom is -0.394 e. The quantitative estimate of drug-likeness (QED) is 0.563. The molecule has 5 nitrogen and oxygen atoms in total. The molecule has 3 N–H and O–H groups in total. The molecule has 1 aromatic carbocycles. The van der Waals surface area contributed by atoms with Crippen LogP contribution in [0.5, 0.6) is 0 Å². The lowest BCUT2D eigenvalue weighted by atomic mass is 10.2. The van der Waals surface area contributed by atoms with Crippen molar-refractivity contribution >= 4 is 12.3 Å². The summed E-state index contributed by atoms with van der Waals surface area (Å²) < 4.78 is 0. The SMILES string of the molecule is O=CNC(CO)C(=O)NCc1ccccc1. The number of aliphatic hydroxyl groups is 1. The van der Waals surface area contributed by atoms with E-state index in [1.807, 2.05) is 30.3 Å². The number of rotatable bonds is 6. The van der Waals surface area contributed by atoms with Gasteiger partial charge in [-0.3, -0.25) is 9.59 Å². The predicted octanol–water partition coefficient (Wildman–Crippen LogP) is -0.590. The average Bonchev–Trinajstić information content (AvgIpc) is 2.34. The molecule has 86 valence electrons. The Labute approximate surface area is 93.5 Å². The molecule has 1 unspecified atom stereocenters. The highest BCUT2D eigenvalue weighted by molar-refractivity contribution is 5.83. The summed E-state index contributed by atoms with van der Waals surface area (Å²) in [6, 6.07) is 8.49. The van der Waals surface area contributed by atoms with Crippen LogP contribution in [0.1, 0.15) is 5.56 Å². The van der Waals surface area contributed by atoms with Gasteiger partial charge in [0.15, 0.2) is 0 Å². The minimum absolute atomic E-state index is 0.372. The molecule has 1 rings (SSSR count). The minimum atomic E-state index is -0.888. The van der Waals surface area contributed by atoms with Crippen LogP contribution in [0.15, 0.2) is 30.3 Å². The third-order valence-electron chi connectivity index (χ3n) is 2.08. The van der Waals surface area contributed by atoms with Gasteiger partial charge in [0.2, 0.25) is 12.3 Å². The fraction of sp³-hybridized carbons (Fsp3) is 0.273. The molecule has 0 aliphatic heterocycles. The molecule has 0 fully saturated rings. The Morgan fingerprint density at radius 3 is 2.62 bits per heavy atom. The van der Waals surface area contributed by atoms with Crippen molar-refractivity contribution in [1.82, 2.24) is 10.6 Å². The molecule has 0 aromatic heterocycles. The molecule has 0 saturated carbocycles. The van der Waals surface area contributed by atoms with E-state index < -0.39 is 18.6 Å². The van der Waals surface area contributed by atoms with Gasteiger partial charge in [-0.1, -0.05) is 30.3 Å². The zero-order chi connectivity index (χ0) is 11.8. The lowest BCUT2D eigenvalue weighted by molar-refractivity contribution is -0.126. The molecule has 5 heteroatoms. The lowest BCUT2D eigenvalue weighted by Crippen LogP contribution is -2.45. The van der Waals surface area contributed by atoms with E-state index in [1.54, 1.807) is 0 Å². The topological polar surface area (TPSA) is 78.4 Å². The molecule has 0 aliphatic rings. The molecule has 0 spiro atoms. The Balaban J connectivity index is 2.42. The molecule has 1 atom stereocenters. The molecule has 0 radical (unpaired) electrons. The van der Waals surface area contributed by atoms with Crippen LogP contribution in [0.3, 0.4) is 0 Å². The van der Waals surface area contributed by atoms with Crippen molar-refractivity contribution < 1.29 is 14.7 Å². The summed E-state index contributed by atoms with van der Waals surface area (Å²) in [6.07, 6.45) is 0.392. The highest BCUT2D eigenvalue weighted by atomic mass is 16.3. The zero-order valence-electron chi connectivity index (χ0n) is 8.72. The summed E-state index contributed by atoms with van der Waals surface area (Å²) in [4.78, 5) is 21.6. The van der Waals surface area contributed by atoms with E-state index >= 15 is 0 Å². The van der Waals surface area contributed by atoms with Gasteiger partial charge >= 0.3 is 0 Å². The van der Waals surface area contributed by atoms with E-state index in [-0.39, 0.29) is 0 Å². The molecule has 0 saturated heterocycles. The van der Waals surface area contributed by atoms with Crippen molar-refractivity contribution in [2.24, 2.45) is 0 Å². The van der Waals surface area contributed by atoms with Crippen LogP contribution in [0.25, 0.3) is 0 Å². The van der Waals surface area contributed by atoms with Crippen LogP contribution in [-0.4, -0.2) is 30.1 Å². The number of carbonyl (C=O) groups is 2. The Hall–Kier alpha value is -1.88. The Bertz CT molecular complexity index is 340. The van der Waals surface area contributed by atoms with Crippen LogP contribution in [0, 0.1) is 0 Å². The van der Waals surface area contributed by atoms with Crippen molar-refractivity contribution in [1.29, 1.82) is 0 Å². The highest BCUT2D eigenvalue weighted by Gasteiger charge is 2.15. The Morgan fingerprint density at radius 1 is 1.38 bits per heavy atom. The predicted molar refractivity (Wildman–Crippen MR) is 58.4 cm³/mol. The molecular formula is C11H14N2O3. The van der Waals surface area contributed by atoms with E-state index in [2.05, 4.69) is 10.6 Å². The van der Waals surface area contributed by atoms with Gasteiger partial charge in [-0.05, 0) is 5.56 Å². The Morgan fingerprint density at radius 2 is 2.06 bits per heavy atom. The molecule has 0 aliphatic carbocycles. The lowest BCUT2D eigenvalue weighted by Gasteiger charge is -2.13. The zero-order valence-corrected chi connectivity index (χ0v) is 8.72. The van der Waals surface area contributed by atoms with E-state index in [0.717, 1.165) is 5.56 Å². The summed E-state index contributed by atoms with van der Waals surface area (Å²) in [5.74, 6) is -0.404. The van der Waals surface area contributed by atoms with Gasteiger partial charge in [0.25, 0.3) is 0 Å². The maximum atomic E-state index is 11.4. The van der Waals surface area contributed by atoms with Gasteiger partial charge in [-0.2, -0.15) is 0 Å². The van der Waals surface area contributed by atoms with Crippen molar-refractivity contribution in [3.05, 3.63) is 35.9 Å². The van der Waals surface area contributed by atoms with Gasteiger partial charge < -0.3 is 15.7 Å². The molecule has 2 amide bonds. The van der Waals surface area contributed by atoms with Crippen LogP contribution in [-0.2, 0) is 16.1 Å². The van der Waals surface area contributed by atoms with Crippen molar-refractivity contribution in [3.63, 3.8) is 0 Å². The van der Waals surface area contributed by atoms with Gasteiger partial charge in [-0.15, -0.1) is 0 Å². The molecule has 1 aromatic rings. The summed E-state index contributed by atoms with van der Waals surface area (Å²) in [7, 11) is 0. The second-order valence-electron chi connectivity index (χ2n) is 3.22. The van der Waals surface area contributed by atoms with Crippen molar-refractivity contribution in [2.75, 3.05) is 6.61 Å². The second-order valence-corrected chi connectivity index (χ2v) is 3.22. The second kappa shape index (κ2) is 6.58. The van der Waals surface area contributed by atoms with E-state index in [9.17, 15) is 9.59 Å². The first-order chi connectivity index (χ1) is 7.77. The largest absolute Gasteiger partial charge is 0.394 e. The molecular weight excluding hydrogens is 208 g/mol. The van der Waals surface area contributed by atoms with E-state index in [4.69, 9.17) is 5.11 Å². The fourth-order valence-corrected chi connectivity index (χ4v) is 1.20. The van der Waals surface area contributed by atoms with Crippen molar-refractivity contribution in [2.45, 2.75) is 12.6 Å². The fourth-order valence-electron chi connectivity index (χ4n) is 1.20.